The van der Waals surface area contributed by atoms with Gasteiger partial charge in [-0.15, -0.1) is 0 Å². The summed E-state index contributed by atoms with van der Waals surface area (Å²) < 4.78 is 5.59. The van der Waals surface area contributed by atoms with Crippen LogP contribution in [0.4, 0.5) is 0 Å². The van der Waals surface area contributed by atoms with Gasteiger partial charge < -0.3 is 20.1 Å². The molecule has 5 heteroatoms. The molecule has 0 saturated carbocycles. The minimum Gasteiger partial charge on any atom is -0.392 e. The lowest BCUT2D eigenvalue weighted by atomic mass is 9.99. The molecule has 2 aromatic carbocycles. The van der Waals surface area contributed by atoms with Gasteiger partial charge in [-0.2, -0.15) is 0 Å². The highest BCUT2D eigenvalue weighted by molar-refractivity contribution is 5.94. The van der Waals surface area contributed by atoms with Crippen molar-refractivity contribution in [2.45, 2.75) is 6.61 Å². The number of aliphatic hydroxyl groups is 1. The van der Waals surface area contributed by atoms with Gasteiger partial charge in [-0.1, -0.05) is 36.4 Å². The number of hydrogen-bond acceptors (Lipinski definition) is 4. The molecule has 26 heavy (non-hydrogen) atoms. The monoisotopic (exact) mass is 354 g/mol. The molecule has 2 N–H and O–H groups in total. The van der Waals surface area contributed by atoms with E-state index in [0.29, 0.717) is 24.6 Å². The van der Waals surface area contributed by atoms with Crippen molar-refractivity contribution in [2.75, 3.05) is 39.9 Å². The lowest BCUT2D eigenvalue weighted by Gasteiger charge is -2.19. The van der Waals surface area contributed by atoms with Crippen LogP contribution in [0.5, 0.6) is 0 Å². The van der Waals surface area contributed by atoms with E-state index in [1.54, 1.807) is 0 Å². The predicted molar refractivity (Wildman–Crippen MR) is 102 cm³/mol. The minimum atomic E-state index is -0.0705. The van der Waals surface area contributed by atoms with Crippen LogP contribution in [0.2, 0.25) is 0 Å². The second kappa shape index (κ2) is 8.94. The number of nitrogens with zero attached hydrogens (tertiary/aromatic N) is 1. The first kappa shape index (κ1) is 18.6. The summed E-state index contributed by atoms with van der Waals surface area (Å²) in [6.07, 6.45) is 0. The third-order valence-electron chi connectivity index (χ3n) is 4.74. The number of amides is 1. The highest BCUT2D eigenvalue weighted by Crippen LogP contribution is 2.24. The van der Waals surface area contributed by atoms with Crippen LogP contribution < -0.4 is 5.32 Å². The van der Waals surface area contributed by atoms with Gasteiger partial charge in [-0.25, -0.2) is 0 Å². The van der Waals surface area contributed by atoms with Gasteiger partial charge in [-0.3, -0.25) is 4.79 Å². The van der Waals surface area contributed by atoms with E-state index < -0.39 is 0 Å². The van der Waals surface area contributed by atoms with Gasteiger partial charge in [0.25, 0.3) is 5.91 Å². The Balaban J connectivity index is 1.62. The molecule has 1 heterocycles. The van der Waals surface area contributed by atoms with E-state index in [2.05, 4.69) is 17.3 Å². The Morgan fingerprint density at radius 2 is 2.00 bits per heavy atom. The summed E-state index contributed by atoms with van der Waals surface area (Å²) in [5, 5.41) is 12.5. The van der Waals surface area contributed by atoms with Crippen molar-refractivity contribution in [1.29, 1.82) is 0 Å². The fourth-order valence-electron chi connectivity index (χ4n) is 3.26. The maximum absolute atomic E-state index is 12.4. The molecule has 1 amide bonds. The lowest BCUT2D eigenvalue weighted by Crippen LogP contribution is -2.35. The van der Waals surface area contributed by atoms with Crippen molar-refractivity contribution in [3.8, 4) is 11.1 Å². The SMILES string of the molecule is CN1CCOCC(CNC(=O)c2ccc(-c3ccccc3CO)cc2)C1. The molecule has 1 atom stereocenters. The molecule has 1 aliphatic rings. The Labute approximate surface area is 154 Å². The summed E-state index contributed by atoms with van der Waals surface area (Å²) in [5.74, 6) is 0.237. The molecule has 0 bridgehead atoms. The molecule has 0 aromatic heterocycles. The number of nitrogens with one attached hydrogen (secondary N) is 1. The van der Waals surface area contributed by atoms with Crippen molar-refractivity contribution >= 4 is 5.91 Å². The van der Waals surface area contributed by atoms with Gasteiger partial charge in [0.05, 0.1) is 19.8 Å². The first-order valence-electron chi connectivity index (χ1n) is 9.01. The molecule has 0 aliphatic carbocycles. The molecule has 138 valence electrons. The van der Waals surface area contributed by atoms with Gasteiger partial charge >= 0.3 is 0 Å². The Morgan fingerprint density at radius 1 is 1.23 bits per heavy atom. The van der Waals surface area contributed by atoms with Gasteiger partial charge in [0.2, 0.25) is 0 Å². The number of benzene rings is 2. The number of carbonyl (C=O) groups excluding carboxylic acids is 1. The highest BCUT2D eigenvalue weighted by Gasteiger charge is 2.17. The summed E-state index contributed by atoms with van der Waals surface area (Å²) in [6, 6.07) is 15.2. The second-order valence-electron chi connectivity index (χ2n) is 6.81. The number of ether oxygens (including phenoxy) is 1. The Morgan fingerprint density at radius 3 is 2.77 bits per heavy atom. The summed E-state index contributed by atoms with van der Waals surface area (Å²) in [4.78, 5) is 14.7. The summed E-state index contributed by atoms with van der Waals surface area (Å²) in [7, 11) is 2.08. The van der Waals surface area contributed by atoms with Gasteiger partial charge in [0.1, 0.15) is 0 Å². The third kappa shape index (κ3) is 4.69. The van der Waals surface area contributed by atoms with Crippen LogP contribution in [-0.4, -0.2) is 55.8 Å². The van der Waals surface area contributed by atoms with E-state index in [0.717, 1.165) is 36.4 Å². The zero-order valence-electron chi connectivity index (χ0n) is 15.1. The molecular weight excluding hydrogens is 328 g/mol. The molecule has 1 fully saturated rings. The average Bonchev–Trinajstić information content (AvgIpc) is 2.90. The lowest BCUT2D eigenvalue weighted by molar-refractivity contribution is 0.0921. The predicted octanol–water partition coefficient (Wildman–Crippen LogP) is 2.15. The third-order valence-corrected chi connectivity index (χ3v) is 4.74. The molecule has 0 radical (unpaired) electrons. The number of likely N-dealkylation sites (N-methyl/N-ethyl adjacent to an activating group) is 1. The van der Waals surface area contributed by atoms with Crippen LogP contribution in [0.3, 0.4) is 0 Å². The second-order valence-corrected chi connectivity index (χ2v) is 6.81. The number of aliphatic hydroxyl groups excluding tert-OH is 1. The molecule has 1 unspecified atom stereocenters. The van der Waals surface area contributed by atoms with Gasteiger partial charge in [0.15, 0.2) is 0 Å². The maximum atomic E-state index is 12.4. The number of hydrogen-bond donors (Lipinski definition) is 2. The largest absolute Gasteiger partial charge is 0.392 e. The Kier molecular flexibility index (Phi) is 6.39. The molecule has 3 rings (SSSR count). The van der Waals surface area contributed by atoms with Crippen molar-refractivity contribution in [2.24, 2.45) is 5.92 Å². The van der Waals surface area contributed by atoms with E-state index in [-0.39, 0.29) is 12.5 Å². The van der Waals surface area contributed by atoms with Crippen molar-refractivity contribution in [3.05, 3.63) is 59.7 Å². The summed E-state index contributed by atoms with van der Waals surface area (Å²) in [5.41, 5.74) is 3.49. The van der Waals surface area contributed by atoms with Crippen LogP contribution in [-0.2, 0) is 11.3 Å². The summed E-state index contributed by atoms with van der Waals surface area (Å²) >= 11 is 0. The molecular formula is C21H26N2O3. The van der Waals surface area contributed by atoms with Crippen molar-refractivity contribution in [3.63, 3.8) is 0 Å². The smallest absolute Gasteiger partial charge is 0.251 e. The molecule has 5 nitrogen and oxygen atoms in total. The minimum absolute atomic E-state index is 0.00365. The topological polar surface area (TPSA) is 61.8 Å². The fourth-order valence-corrected chi connectivity index (χ4v) is 3.26. The molecule has 0 spiro atoms. The zero-order chi connectivity index (χ0) is 18.4. The zero-order valence-corrected chi connectivity index (χ0v) is 15.1. The van der Waals surface area contributed by atoms with E-state index >= 15 is 0 Å². The first-order valence-corrected chi connectivity index (χ1v) is 9.01. The highest BCUT2D eigenvalue weighted by atomic mass is 16.5. The number of carbonyl (C=O) groups is 1. The van der Waals surface area contributed by atoms with E-state index in [1.807, 2.05) is 48.5 Å². The standard InChI is InChI=1S/C21H26N2O3/c1-23-10-11-26-15-16(13-23)12-22-21(25)18-8-6-17(7-9-18)20-5-3-2-4-19(20)14-24/h2-9,16,24H,10-15H2,1H3,(H,22,25). The summed E-state index contributed by atoms with van der Waals surface area (Å²) in [6.45, 7) is 3.90. The van der Waals surface area contributed by atoms with Crippen LogP contribution in [0, 0.1) is 5.92 Å². The molecule has 1 saturated heterocycles. The van der Waals surface area contributed by atoms with Crippen molar-refractivity contribution in [1.82, 2.24) is 10.2 Å². The Bertz CT molecular complexity index is 730. The van der Waals surface area contributed by atoms with Gasteiger partial charge in [-0.05, 0) is 35.9 Å². The van der Waals surface area contributed by atoms with E-state index in [4.69, 9.17) is 4.74 Å². The van der Waals surface area contributed by atoms with Crippen LogP contribution in [0.1, 0.15) is 15.9 Å². The average molecular weight is 354 g/mol. The Hall–Kier alpha value is -2.21. The van der Waals surface area contributed by atoms with E-state index in [1.165, 1.54) is 0 Å². The van der Waals surface area contributed by atoms with Crippen LogP contribution in [0.15, 0.2) is 48.5 Å². The molecule has 2 aromatic rings. The number of rotatable bonds is 5. The van der Waals surface area contributed by atoms with Crippen molar-refractivity contribution < 1.29 is 14.6 Å². The first-order chi connectivity index (χ1) is 12.7. The van der Waals surface area contributed by atoms with Crippen LogP contribution in [0.25, 0.3) is 11.1 Å². The molecule has 1 aliphatic heterocycles. The normalized spacial score (nSPS) is 18.3. The quantitative estimate of drug-likeness (QED) is 0.864. The maximum Gasteiger partial charge on any atom is 0.251 e. The fraction of sp³-hybridized carbons (Fsp3) is 0.381. The van der Waals surface area contributed by atoms with Gasteiger partial charge in [0, 0.05) is 31.1 Å². The van der Waals surface area contributed by atoms with E-state index in [9.17, 15) is 9.90 Å². The van der Waals surface area contributed by atoms with Crippen LogP contribution >= 0.6 is 0 Å².